The molecule has 13 nitrogen and oxygen atoms in total. The number of Topliss-reactive ketones (excluding diaryl/α,β-unsaturated/α-hetero) is 1. The van der Waals surface area contributed by atoms with Crippen molar-refractivity contribution in [2.24, 2.45) is 0 Å². The van der Waals surface area contributed by atoms with Gasteiger partial charge in [-0.15, -0.1) is 0 Å². The lowest BCUT2D eigenvalue weighted by molar-refractivity contribution is -0.139. The van der Waals surface area contributed by atoms with Gasteiger partial charge in [-0.2, -0.15) is 0 Å². The number of ether oxygens (including phenoxy) is 11. The Morgan fingerprint density at radius 3 is 1.21 bits per heavy atom. The van der Waals surface area contributed by atoms with E-state index in [9.17, 15) is 9.59 Å². The fourth-order valence-corrected chi connectivity index (χ4v) is 5.08. The van der Waals surface area contributed by atoms with Crippen molar-refractivity contribution in [1.82, 2.24) is 0 Å². The Hall–Kier alpha value is -2.98. The molecule has 2 rings (SSSR count). The van der Waals surface area contributed by atoms with Crippen molar-refractivity contribution in [3.63, 3.8) is 0 Å². The monoisotopic (exact) mass is 792 g/mol. The molecule has 0 bridgehead atoms. The number of benzene rings is 2. The van der Waals surface area contributed by atoms with E-state index in [1.54, 1.807) is 30.3 Å². The van der Waals surface area contributed by atoms with Gasteiger partial charge in [0.05, 0.1) is 119 Å². The van der Waals surface area contributed by atoms with Crippen molar-refractivity contribution < 1.29 is 61.7 Å². The van der Waals surface area contributed by atoms with Gasteiger partial charge in [-0.1, -0.05) is 87.9 Å². The molecule has 0 aromatic heterocycles. The molecule has 2 aromatic carbocycles. The predicted molar refractivity (Wildman–Crippen MR) is 213 cm³/mol. The minimum absolute atomic E-state index is 0.00223. The lowest BCUT2D eigenvalue weighted by Gasteiger charge is -2.09. The van der Waals surface area contributed by atoms with Crippen LogP contribution in [0.15, 0.2) is 54.6 Å². The van der Waals surface area contributed by atoms with E-state index in [1.807, 2.05) is 12.1 Å². The summed E-state index contributed by atoms with van der Waals surface area (Å²) >= 11 is 0. The maximum Gasteiger partial charge on any atom is 0.379 e. The maximum absolute atomic E-state index is 11.9. The average molecular weight is 793 g/mol. The summed E-state index contributed by atoms with van der Waals surface area (Å²) in [6.07, 6.45) is 10.5. The molecule has 0 aliphatic rings. The molecule has 0 N–H and O–H groups in total. The zero-order valence-corrected chi connectivity index (χ0v) is 33.8. The van der Waals surface area contributed by atoms with Gasteiger partial charge in [0.15, 0.2) is 0 Å². The van der Waals surface area contributed by atoms with Gasteiger partial charge in [-0.3, -0.25) is 4.79 Å². The first-order chi connectivity index (χ1) is 27.7. The third-order valence-corrected chi connectivity index (χ3v) is 8.15. The Balaban J connectivity index is 1.19. The molecule has 56 heavy (non-hydrogen) atoms. The number of unbranched alkanes of at least 4 members (excludes halogenated alkanes) is 6. The van der Waals surface area contributed by atoms with Crippen LogP contribution >= 0.6 is 0 Å². The van der Waals surface area contributed by atoms with Gasteiger partial charge in [-0.25, -0.2) is 4.79 Å². The van der Waals surface area contributed by atoms with E-state index in [1.165, 1.54) is 50.5 Å². The van der Waals surface area contributed by atoms with E-state index in [-0.39, 0.29) is 13.2 Å². The molecule has 0 saturated heterocycles. The molecule has 0 saturated carbocycles. The van der Waals surface area contributed by atoms with E-state index >= 15 is 0 Å². The number of carbonyl (C=O) groups excluding carboxylic acids is 2. The van der Waals surface area contributed by atoms with Gasteiger partial charge in [0, 0.05) is 5.56 Å². The van der Waals surface area contributed by atoms with Crippen LogP contribution in [0.1, 0.15) is 67.8 Å². The lowest BCUT2D eigenvalue weighted by atomic mass is 10.0. The number of ketones is 1. The third kappa shape index (κ3) is 29.3. The summed E-state index contributed by atoms with van der Waals surface area (Å²) in [5, 5.41) is 0. The van der Waals surface area contributed by atoms with Gasteiger partial charge in [-0.05, 0) is 30.5 Å². The van der Waals surface area contributed by atoms with Crippen LogP contribution in [0.2, 0.25) is 0 Å². The number of esters is 1. The van der Waals surface area contributed by atoms with Crippen LogP contribution < -0.4 is 4.74 Å². The predicted octanol–water partition coefficient (Wildman–Crippen LogP) is 5.93. The molecule has 0 fully saturated rings. The molecule has 13 heteroatoms. The Morgan fingerprint density at radius 2 is 0.786 bits per heavy atom. The zero-order chi connectivity index (χ0) is 39.8. The Kier molecular flexibility index (Phi) is 33.0. The molecule has 0 atom stereocenters. The first-order valence-electron chi connectivity index (χ1n) is 20.4. The molecular formula is C43H68O13. The van der Waals surface area contributed by atoms with Crippen LogP contribution in [0.3, 0.4) is 0 Å². The number of aryl methyl sites for hydroxylation is 1. The molecule has 0 spiro atoms. The van der Waals surface area contributed by atoms with Crippen LogP contribution in [0.4, 0.5) is 0 Å². The van der Waals surface area contributed by atoms with Gasteiger partial charge < -0.3 is 52.1 Å². The molecule has 0 amide bonds. The highest BCUT2D eigenvalue weighted by molar-refractivity contribution is 6.40. The van der Waals surface area contributed by atoms with Crippen LogP contribution in [-0.4, -0.2) is 144 Å². The Labute approximate surface area is 334 Å². The minimum Gasteiger partial charge on any atom is -0.491 e. The van der Waals surface area contributed by atoms with Gasteiger partial charge >= 0.3 is 5.97 Å². The molecule has 0 aliphatic carbocycles. The van der Waals surface area contributed by atoms with Crippen LogP contribution in [0.5, 0.6) is 5.75 Å². The van der Waals surface area contributed by atoms with E-state index in [2.05, 4.69) is 19.1 Å². The van der Waals surface area contributed by atoms with E-state index in [0.29, 0.717) is 124 Å². The smallest absolute Gasteiger partial charge is 0.379 e. The van der Waals surface area contributed by atoms with Gasteiger partial charge in [0.25, 0.3) is 5.78 Å². The van der Waals surface area contributed by atoms with Crippen LogP contribution in [0, 0.1) is 0 Å². The lowest BCUT2D eigenvalue weighted by Crippen LogP contribution is -2.20. The van der Waals surface area contributed by atoms with Crippen molar-refractivity contribution >= 4 is 11.8 Å². The summed E-state index contributed by atoms with van der Waals surface area (Å²) in [7, 11) is 0. The number of carbonyl (C=O) groups is 2. The SMILES string of the molecule is CCCCCCCCCc1ccc(OCCOCCOCCOCCOCCOCCOCCOCCOCCOCCOC(=O)C(=O)c2ccccc2)cc1. The largest absolute Gasteiger partial charge is 0.491 e. The highest BCUT2D eigenvalue weighted by atomic mass is 16.6. The first-order valence-corrected chi connectivity index (χ1v) is 20.4. The minimum atomic E-state index is -0.896. The van der Waals surface area contributed by atoms with E-state index in [0.717, 1.165) is 12.2 Å². The highest BCUT2D eigenvalue weighted by Gasteiger charge is 2.17. The van der Waals surface area contributed by atoms with Crippen LogP contribution in [-0.2, 0) is 58.6 Å². The molecule has 0 heterocycles. The van der Waals surface area contributed by atoms with Gasteiger partial charge in [0.1, 0.15) is 19.0 Å². The Morgan fingerprint density at radius 1 is 0.411 bits per heavy atom. The van der Waals surface area contributed by atoms with Crippen molar-refractivity contribution in [3.8, 4) is 5.75 Å². The van der Waals surface area contributed by atoms with E-state index < -0.39 is 11.8 Å². The molecular weight excluding hydrogens is 724 g/mol. The van der Waals surface area contributed by atoms with Crippen molar-refractivity contribution in [1.29, 1.82) is 0 Å². The summed E-state index contributed by atoms with van der Waals surface area (Å²) in [5.41, 5.74) is 1.67. The van der Waals surface area contributed by atoms with Crippen molar-refractivity contribution in [2.45, 2.75) is 58.3 Å². The van der Waals surface area contributed by atoms with E-state index in [4.69, 9.17) is 52.1 Å². The summed E-state index contributed by atoms with van der Waals surface area (Å²) in [4.78, 5) is 23.7. The fraction of sp³-hybridized carbons (Fsp3) is 0.674. The molecule has 0 unspecified atom stereocenters. The van der Waals surface area contributed by atoms with Gasteiger partial charge in [0.2, 0.25) is 0 Å². The maximum atomic E-state index is 11.9. The Bertz CT molecular complexity index is 1170. The summed E-state index contributed by atoms with van der Waals surface area (Å²) in [5.74, 6) is -0.691. The van der Waals surface area contributed by atoms with Crippen molar-refractivity contribution in [2.75, 3.05) is 132 Å². The third-order valence-electron chi connectivity index (χ3n) is 8.15. The summed E-state index contributed by atoms with van der Waals surface area (Å²) < 4.78 is 60.1. The highest BCUT2D eigenvalue weighted by Crippen LogP contribution is 2.15. The standard InChI is InChI=1S/C43H68O13/c1-2-3-4-5-6-7-9-12-39-15-17-41(18-16-39)55-37-35-53-33-31-51-29-27-49-25-23-47-21-19-46-20-22-48-24-26-50-28-30-52-32-34-54-36-38-56-43(45)42(44)40-13-10-8-11-14-40/h8,10-11,13-18H,2-7,9,12,19-38H2,1H3. The van der Waals surface area contributed by atoms with Crippen molar-refractivity contribution in [3.05, 3.63) is 65.7 Å². The summed E-state index contributed by atoms with van der Waals surface area (Å²) in [6.45, 7) is 10.9. The fourth-order valence-electron chi connectivity index (χ4n) is 5.08. The number of hydrogen-bond acceptors (Lipinski definition) is 13. The summed E-state index contributed by atoms with van der Waals surface area (Å²) in [6, 6.07) is 16.7. The second-order valence-electron chi connectivity index (χ2n) is 12.7. The first kappa shape index (κ1) is 49.2. The molecule has 2 aromatic rings. The zero-order valence-electron chi connectivity index (χ0n) is 33.8. The number of hydrogen-bond donors (Lipinski definition) is 0. The quantitative estimate of drug-likeness (QED) is 0.0341. The molecule has 0 aliphatic heterocycles. The molecule has 0 radical (unpaired) electrons. The topological polar surface area (TPSA) is 136 Å². The molecule has 318 valence electrons. The number of rotatable bonds is 41. The van der Waals surface area contributed by atoms with Crippen LogP contribution in [0.25, 0.3) is 0 Å². The second kappa shape index (κ2) is 37.6. The second-order valence-corrected chi connectivity index (χ2v) is 12.7. The normalized spacial score (nSPS) is 11.2. The average Bonchev–Trinajstić information content (AvgIpc) is 3.23.